The summed E-state index contributed by atoms with van der Waals surface area (Å²) in [5.74, 6) is -1.48. The highest BCUT2D eigenvalue weighted by Gasteiger charge is 2.33. The van der Waals surface area contributed by atoms with Crippen LogP contribution < -0.4 is 31.3 Å². The first kappa shape index (κ1) is 33.4. The smallest absolute Gasteiger partial charge is 0.403 e. The first-order valence-corrected chi connectivity index (χ1v) is 14.9. The van der Waals surface area contributed by atoms with Crippen LogP contribution in [0.2, 0.25) is 5.02 Å². The molecule has 0 saturated carbocycles. The molecule has 43 heavy (non-hydrogen) atoms. The fourth-order valence-electron chi connectivity index (χ4n) is 3.62. The number of hydrogen-bond acceptors (Lipinski definition) is 10. The molecule has 16 heteroatoms. The highest BCUT2D eigenvalue weighted by Crippen LogP contribution is 2.39. The number of nitrogens with one attached hydrogen (secondary N) is 5. The molecule has 1 amide bonds. The number of likely N-dealkylation sites (N-methyl/N-ethyl adjacent to an activating group) is 1. The summed E-state index contributed by atoms with van der Waals surface area (Å²) < 4.78 is 70.2. The third-order valence-electron chi connectivity index (χ3n) is 5.71. The lowest BCUT2D eigenvalue weighted by atomic mass is 10.2. The van der Waals surface area contributed by atoms with Gasteiger partial charge in [-0.2, -0.15) is 4.98 Å². The van der Waals surface area contributed by atoms with Crippen LogP contribution in [0.4, 0.5) is 47.7 Å². The van der Waals surface area contributed by atoms with E-state index in [1.807, 2.05) is 6.92 Å². The molecular formula is C27H31ClF3N7O4S. The van der Waals surface area contributed by atoms with Gasteiger partial charge in [-0.15, -0.1) is 13.2 Å². The predicted octanol–water partition coefficient (Wildman–Crippen LogP) is 5.84. The predicted molar refractivity (Wildman–Crippen MR) is 161 cm³/mol. The number of halogens is 4. The van der Waals surface area contributed by atoms with Crippen molar-refractivity contribution in [1.29, 1.82) is 0 Å². The number of ether oxygens (including phenoxy) is 1. The van der Waals surface area contributed by atoms with E-state index in [0.717, 1.165) is 12.1 Å². The highest BCUT2D eigenvalue weighted by molar-refractivity contribution is 7.92. The normalized spacial score (nSPS) is 11.6. The molecule has 0 spiro atoms. The van der Waals surface area contributed by atoms with E-state index in [1.165, 1.54) is 24.4 Å². The largest absolute Gasteiger partial charge is 0.573 e. The minimum absolute atomic E-state index is 0.00762. The summed E-state index contributed by atoms with van der Waals surface area (Å²) in [4.78, 5) is 20.4. The number of carbonyl (C=O) groups excluding carboxylic acids is 1. The SMILES string of the molecule is C=CC(=O)Nc1cc(Nc2ncc(Cl)c(Nc3ccccc3S(=O)(=O)C(C)C)n2)c(OC(F)(F)F)cc1NCCNCC. The fourth-order valence-corrected chi connectivity index (χ4v) is 4.96. The molecule has 1 aromatic heterocycles. The van der Waals surface area contributed by atoms with Gasteiger partial charge in [0.05, 0.1) is 39.1 Å². The van der Waals surface area contributed by atoms with E-state index >= 15 is 0 Å². The molecule has 232 valence electrons. The van der Waals surface area contributed by atoms with Crippen molar-refractivity contribution >= 4 is 61.9 Å². The zero-order chi connectivity index (χ0) is 31.8. The molecule has 2 aromatic carbocycles. The number of carbonyl (C=O) groups is 1. The van der Waals surface area contributed by atoms with Gasteiger partial charge in [0.2, 0.25) is 11.9 Å². The van der Waals surface area contributed by atoms with Crippen molar-refractivity contribution in [3.63, 3.8) is 0 Å². The monoisotopic (exact) mass is 641 g/mol. The maximum Gasteiger partial charge on any atom is 0.573 e. The van der Waals surface area contributed by atoms with E-state index in [0.29, 0.717) is 19.6 Å². The zero-order valence-electron chi connectivity index (χ0n) is 23.5. The molecular weight excluding hydrogens is 611 g/mol. The summed E-state index contributed by atoms with van der Waals surface area (Å²) in [6.07, 6.45) is -2.87. The molecule has 0 aliphatic heterocycles. The number of hydrogen-bond donors (Lipinski definition) is 5. The number of nitrogens with zero attached hydrogens (tertiary/aromatic N) is 2. The van der Waals surface area contributed by atoms with E-state index in [9.17, 15) is 26.4 Å². The summed E-state index contributed by atoms with van der Waals surface area (Å²) in [7, 11) is -3.69. The van der Waals surface area contributed by atoms with Crippen molar-refractivity contribution in [2.45, 2.75) is 37.3 Å². The molecule has 11 nitrogen and oxygen atoms in total. The van der Waals surface area contributed by atoms with Gasteiger partial charge in [-0.1, -0.05) is 37.2 Å². The third kappa shape index (κ3) is 9.20. The van der Waals surface area contributed by atoms with Crippen LogP contribution in [0.3, 0.4) is 0 Å². The first-order valence-electron chi connectivity index (χ1n) is 13.0. The lowest BCUT2D eigenvalue weighted by Gasteiger charge is -2.20. The zero-order valence-corrected chi connectivity index (χ0v) is 25.0. The van der Waals surface area contributed by atoms with Crippen LogP contribution in [0.25, 0.3) is 0 Å². The maximum atomic E-state index is 13.4. The minimum Gasteiger partial charge on any atom is -0.403 e. The van der Waals surface area contributed by atoms with Crippen molar-refractivity contribution in [3.05, 3.63) is 60.3 Å². The number of alkyl halides is 3. The van der Waals surface area contributed by atoms with Gasteiger partial charge in [-0.25, -0.2) is 13.4 Å². The number of benzene rings is 2. The van der Waals surface area contributed by atoms with Crippen LogP contribution in [-0.4, -0.2) is 55.5 Å². The second-order valence-corrected chi connectivity index (χ2v) is 12.0. The van der Waals surface area contributed by atoms with Crippen molar-refractivity contribution < 1.29 is 31.1 Å². The van der Waals surface area contributed by atoms with Gasteiger partial charge in [0, 0.05) is 19.2 Å². The van der Waals surface area contributed by atoms with Crippen molar-refractivity contribution in [1.82, 2.24) is 15.3 Å². The molecule has 3 aromatic rings. The standard InChI is InChI=1S/C27H31ClF3N7O4S/c1-5-24(39)35-20-13-21(22(42-27(29,30)31)14-19(20)33-12-11-32-6-2)37-26-34-15-17(28)25(38-26)36-18-9-7-8-10-23(18)43(40,41)16(3)4/h5,7-10,13-16,32-33H,1,6,11-12H2,2-4H3,(H,35,39)(H2,34,36,37,38). The van der Waals surface area contributed by atoms with E-state index in [4.69, 9.17) is 11.6 Å². The average Bonchev–Trinajstić information content (AvgIpc) is 2.94. The number of rotatable bonds is 14. The van der Waals surface area contributed by atoms with Crippen LogP contribution in [0, 0.1) is 0 Å². The lowest BCUT2D eigenvalue weighted by molar-refractivity contribution is -0.274. The summed E-state index contributed by atoms with van der Waals surface area (Å²) >= 11 is 6.28. The quantitative estimate of drug-likeness (QED) is 0.107. The second-order valence-electron chi connectivity index (χ2n) is 9.15. The Bertz CT molecular complexity index is 1570. The molecule has 0 fully saturated rings. The van der Waals surface area contributed by atoms with Gasteiger partial charge in [0.1, 0.15) is 5.02 Å². The number of para-hydroxylation sites is 1. The Kier molecular flexibility index (Phi) is 11.2. The number of amides is 1. The Morgan fingerprint density at radius 2 is 1.81 bits per heavy atom. The minimum atomic E-state index is -5.05. The van der Waals surface area contributed by atoms with E-state index in [-0.39, 0.29) is 44.4 Å². The molecule has 0 aliphatic carbocycles. The Morgan fingerprint density at radius 1 is 1.09 bits per heavy atom. The first-order chi connectivity index (χ1) is 20.2. The Morgan fingerprint density at radius 3 is 2.47 bits per heavy atom. The van der Waals surface area contributed by atoms with Crippen LogP contribution in [0.15, 0.2) is 60.1 Å². The van der Waals surface area contributed by atoms with Crippen molar-refractivity contribution in [2.24, 2.45) is 0 Å². The van der Waals surface area contributed by atoms with Crippen molar-refractivity contribution in [2.75, 3.05) is 40.9 Å². The molecule has 0 radical (unpaired) electrons. The summed E-state index contributed by atoms with van der Waals surface area (Å²) in [6.45, 7) is 9.90. The van der Waals surface area contributed by atoms with Crippen LogP contribution in [0.5, 0.6) is 5.75 Å². The molecule has 0 saturated heterocycles. The van der Waals surface area contributed by atoms with Crippen LogP contribution in [-0.2, 0) is 14.6 Å². The van der Waals surface area contributed by atoms with E-state index in [2.05, 4.69) is 47.9 Å². The van der Waals surface area contributed by atoms with Crippen LogP contribution >= 0.6 is 11.6 Å². The molecule has 5 N–H and O–H groups in total. The Balaban J connectivity index is 2.04. The van der Waals surface area contributed by atoms with Gasteiger partial charge < -0.3 is 31.3 Å². The number of sulfone groups is 1. The number of anilines is 6. The summed E-state index contributed by atoms with van der Waals surface area (Å²) in [5, 5.41) is 13.4. The second kappa shape index (κ2) is 14.4. The number of aromatic nitrogens is 2. The topological polar surface area (TPSA) is 146 Å². The van der Waals surface area contributed by atoms with Gasteiger partial charge in [-0.3, -0.25) is 4.79 Å². The molecule has 3 rings (SSSR count). The van der Waals surface area contributed by atoms with E-state index < -0.39 is 33.1 Å². The fraction of sp³-hybridized carbons (Fsp3) is 0.296. The van der Waals surface area contributed by atoms with Crippen molar-refractivity contribution in [3.8, 4) is 5.75 Å². The van der Waals surface area contributed by atoms with Gasteiger partial charge in [-0.05, 0) is 44.7 Å². The average molecular weight is 642 g/mol. The Hall–Kier alpha value is -4.08. The molecule has 0 aliphatic rings. The summed E-state index contributed by atoms with van der Waals surface area (Å²) in [5.41, 5.74) is 0.218. The summed E-state index contributed by atoms with van der Waals surface area (Å²) in [6, 6.07) is 8.42. The molecule has 0 bridgehead atoms. The van der Waals surface area contributed by atoms with Gasteiger partial charge in [0.15, 0.2) is 21.4 Å². The molecule has 1 heterocycles. The highest BCUT2D eigenvalue weighted by atomic mass is 35.5. The molecule has 0 unspecified atom stereocenters. The maximum absolute atomic E-state index is 13.4. The van der Waals surface area contributed by atoms with Gasteiger partial charge >= 0.3 is 6.36 Å². The van der Waals surface area contributed by atoms with Gasteiger partial charge in [0.25, 0.3) is 0 Å². The van der Waals surface area contributed by atoms with Crippen LogP contribution in [0.1, 0.15) is 20.8 Å². The Labute approximate surface area is 252 Å². The lowest BCUT2D eigenvalue weighted by Crippen LogP contribution is -2.23. The third-order valence-corrected chi connectivity index (χ3v) is 8.20. The molecule has 0 atom stereocenters. The van der Waals surface area contributed by atoms with E-state index in [1.54, 1.807) is 26.0 Å².